The Hall–Kier alpha value is -1.29. The van der Waals surface area contributed by atoms with Crippen LogP contribution in [0, 0.1) is 0 Å². The fraction of sp³-hybridized carbons (Fsp3) is 0.688. The molecule has 0 aliphatic rings. The molecule has 0 saturated carbocycles. The fourth-order valence-electron chi connectivity index (χ4n) is 2.59. The monoisotopic (exact) mass is 435 g/mol. The number of aliphatic hydroxyl groups is 2. The molecule has 2 rings (SSSR count). The minimum atomic E-state index is -2.10. The summed E-state index contributed by atoms with van der Waals surface area (Å²) in [5, 5.41) is 19.7. The summed E-state index contributed by atoms with van der Waals surface area (Å²) in [6.45, 7) is 5.23. The van der Waals surface area contributed by atoms with Crippen molar-refractivity contribution in [3.63, 3.8) is 0 Å². The number of hydrogen-bond donors (Lipinski definition) is 3. The predicted molar refractivity (Wildman–Crippen MR) is 107 cm³/mol. The molecule has 0 fully saturated rings. The van der Waals surface area contributed by atoms with E-state index in [2.05, 4.69) is 15.0 Å². The first-order chi connectivity index (χ1) is 13.2. The zero-order valence-electron chi connectivity index (χ0n) is 16.1. The van der Waals surface area contributed by atoms with Gasteiger partial charge in [0.15, 0.2) is 25.1 Å². The van der Waals surface area contributed by atoms with E-state index in [1.807, 2.05) is 20.8 Å². The van der Waals surface area contributed by atoms with E-state index in [9.17, 15) is 14.8 Å². The zero-order chi connectivity index (χ0) is 20.9. The van der Waals surface area contributed by atoms with E-state index in [-0.39, 0.29) is 23.4 Å². The summed E-state index contributed by atoms with van der Waals surface area (Å²) in [5.41, 5.74) is 5.56. The molecule has 4 N–H and O–H groups in total. The van der Waals surface area contributed by atoms with Gasteiger partial charge in [-0.05, 0) is 26.7 Å². The second-order valence-electron chi connectivity index (χ2n) is 6.94. The number of ether oxygens (including phenoxy) is 1. The maximum Gasteiger partial charge on any atom is 0.223 e. The number of rotatable bonds is 11. The highest BCUT2D eigenvalue weighted by atomic mass is 35.5. The van der Waals surface area contributed by atoms with Gasteiger partial charge in [-0.3, -0.25) is 9.13 Å². The van der Waals surface area contributed by atoms with Crippen LogP contribution in [0.25, 0.3) is 11.2 Å². The Kier molecular flexibility index (Phi) is 8.18. The standard InChI is InChI=1S/C16H27ClN5O5P/c1-4-7-28(25)27-16(2,3)5-6-26-14(10(24)8-23)22-9-19-11-12(17)20-15(18)21-13(11)22/h9-10,14,23-24,28H,4-8H2,1-3H3,(H2,18,20,21)/t10-,14?/m1/s1. The highest BCUT2D eigenvalue weighted by Crippen LogP contribution is 2.33. The molecule has 10 nitrogen and oxygen atoms in total. The molecule has 158 valence electrons. The SMILES string of the molecule is CCC[PH](=O)OC(C)(C)CCOC([C@H](O)CO)n1cnc2c(Cl)nc(N)nc21. The molecular formula is C16H27ClN5O5P. The molecule has 0 saturated heterocycles. The third kappa shape index (κ3) is 5.85. The Morgan fingerprint density at radius 1 is 1.43 bits per heavy atom. The molecule has 2 heterocycles. The van der Waals surface area contributed by atoms with Crippen molar-refractivity contribution in [1.29, 1.82) is 0 Å². The molecule has 0 bridgehead atoms. The summed E-state index contributed by atoms with van der Waals surface area (Å²) >= 11 is 6.03. The molecule has 12 heteroatoms. The van der Waals surface area contributed by atoms with Crippen LogP contribution >= 0.6 is 19.6 Å². The molecule has 0 aliphatic heterocycles. The maximum absolute atomic E-state index is 11.9. The molecule has 2 aromatic rings. The largest absolute Gasteiger partial charge is 0.394 e. The number of anilines is 1. The summed E-state index contributed by atoms with van der Waals surface area (Å²) in [6.07, 6.45) is 0.904. The van der Waals surface area contributed by atoms with E-state index in [0.29, 0.717) is 18.1 Å². The van der Waals surface area contributed by atoms with E-state index >= 15 is 0 Å². The number of hydrogen-bond acceptors (Lipinski definition) is 9. The van der Waals surface area contributed by atoms with Gasteiger partial charge < -0.3 is 25.2 Å². The van der Waals surface area contributed by atoms with Crippen LogP contribution in [-0.4, -0.2) is 60.8 Å². The molecule has 0 radical (unpaired) electrons. The summed E-state index contributed by atoms with van der Waals surface area (Å²) in [4.78, 5) is 12.1. The lowest BCUT2D eigenvalue weighted by atomic mass is 10.1. The Bertz CT molecular complexity index is 818. The van der Waals surface area contributed by atoms with Crippen molar-refractivity contribution in [2.24, 2.45) is 0 Å². The maximum atomic E-state index is 11.9. The van der Waals surface area contributed by atoms with Crippen molar-refractivity contribution >= 4 is 36.7 Å². The van der Waals surface area contributed by atoms with Crippen LogP contribution in [0.4, 0.5) is 5.95 Å². The number of nitrogens with zero attached hydrogens (tertiary/aromatic N) is 4. The smallest absolute Gasteiger partial charge is 0.223 e. The average molecular weight is 436 g/mol. The predicted octanol–water partition coefficient (Wildman–Crippen LogP) is 2.00. The van der Waals surface area contributed by atoms with Gasteiger partial charge in [0.2, 0.25) is 5.95 Å². The molecule has 0 aliphatic carbocycles. The minimum absolute atomic E-state index is 0.0490. The fourth-order valence-corrected chi connectivity index (χ4v) is 4.04. The first-order valence-electron chi connectivity index (χ1n) is 8.96. The Labute approximate surface area is 168 Å². The van der Waals surface area contributed by atoms with Crippen LogP contribution in [0.2, 0.25) is 5.15 Å². The number of imidazole rings is 1. The van der Waals surface area contributed by atoms with E-state index in [1.54, 1.807) is 0 Å². The molecular weight excluding hydrogens is 409 g/mol. The number of nitrogen functional groups attached to an aromatic ring is 1. The van der Waals surface area contributed by atoms with E-state index in [4.69, 9.17) is 26.6 Å². The van der Waals surface area contributed by atoms with Crippen LogP contribution < -0.4 is 5.73 Å². The molecule has 28 heavy (non-hydrogen) atoms. The average Bonchev–Trinajstić information content (AvgIpc) is 3.01. The van der Waals surface area contributed by atoms with Crippen LogP contribution in [-0.2, 0) is 13.8 Å². The lowest BCUT2D eigenvalue weighted by Crippen LogP contribution is -2.32. The van der Waals surface area contributed by atoms with Crippen molar-refractivity contribution in [2.45, 2.75) is 51.5 Å². The highest BCUT2D eigenvalue weighted by Gasteiger charge is 2.27. The van der Waals surface area contributed by atoms with Gasteiger partial charge in [-0.25, -0.2) is 4.98 Å². The summed E-state index contributed by atoms with van der Waals surface area (Å²) in [7, 11) is -2.10. The van der Waals surface area contributed by atoms with Crippen molar-refractivity contribution in [3.05, 3.63) is 11.5 Å². The summed E-state index contributed by atoms with van der Waals surface area (Å²) in [6, 6.07) is 0. The van der Waals surface area contributed by atoms with Crippen molar-refractivity contribution < 1.29 is 24.0 Å². The van der Waals surface area contributed by atoms with Gasteiger partial charge in [0.1, 0.15) is 11.6 Å². The van der Waals surface area contributed by atoms with Gasteiger partial charge in [-0.2, -0.15) is 9.97 Å². The summed E-state index contributed by atoms with van der Waals surface area (Å²) in [5.74, 6) is -0.0490. The topological polar surface area (TPSA) is 146 Å². The molecule has 0 aromatic carbocycles. The van der Waals surface area contributed by atoms with Crippen LogP contribution in [0.1, 0.15) is 39.8 Å². The van der Waals surface area contributed by atoms with Gasteiger partial charge in [-0.15, -0.1) is 0 Å². The second kappa shape index (κ2) is 9.96. The number of fused-ring (bicyclic) bond motifs is 1. The lowest BCUT2D eigenvalue weighted by Gasteiger charge is -2.28. The van der Waals surface area contributed by atoms with Crippen LogP contribution in [0.3, 0.4) is 0 Å². The number of aliphatic hydroxyl groups excluding tert-OH is 2. The Morgan fingerprint density at radius 2 is 2.14 bits per heavy atom. The van der Waals surface area contributed by atoms with E-state index in [1.165, 1.54) is 10.9 Å². The van der Waals surface area contributed by atoms with Crippen LogP contribution in [0.15, 0.2) is 6.33 Å². The van der Waals surface area contributed by atoms with Crippen LogP contribution in [0.5, 0.6) is 0 Å². The first-order valence-corrected chi connectivity index (χ1v) is 10.9. The molecule has 2 unspecified atom stereocenters. The van der Waals surface area contributed by atoms with Crippen molar-refractivity contribution in [2.75, 3.05) is 25.1 Å². The quantitative estimate of drug-likeness (QED) is 0.356. The Morgan fingerprint density at radius 3 is 2.79 bits per heavy atom. The van der Waals surface area contributed by atoms with Gasteiger partial charge >= 0.3 is 0 Å². The van der Waals surface area contributed by atoms with Gasteiger partial charge in [0.25, 0.3) is 0 Å². The Balaban J connectivity index is 2.14. The highest BCUT2D eigenvalue weighted by molar-refractivity contribution is 7.39. The third-order valence-corrected chi connectivity index (χ3v) is 5.98. The van der Waals surface area contributed by atoms with Gasteiger partial charge in [0, 0.05) is 6.16 Å². The normalized spacial score (nSPS) is 15.6. The molecule has 3 atom stereocenters. The van der Waals surface area contributed by atoms with Gasteiger partial charge in [0.05, 0.1) is 25.1 Å². The van der Waals surface area contributed by atoms with Crippen molar-refractivity contribution in [3.8, 4) is 0 Å². The van der Waals surface area contributed by atoms with Gasteiger partial charge in [-0.1, -0.05) is 18.5 Å². The molecule has 2 aromatic heterocycles. The number of nitrogens with two attached hydrogens (primary N) is 1. The lowest BCUT2D eigenvalue weighted by molar-refractivity contribution is -0.104. The van der Waals surface area contributed by atoms with Crippen molar-refractivity contribution in [1.82, 2.24) is 19.5 Å². The number of aromatic nitrogens is 4. The zero-order valence-corrected chi connectivity index (χ0v) is 17.9. The summed E-state index contributed by atoms with van der Waals surface area (Å²) < 4.78 is 24.8. The number of halogens is 1. The molecule has 0 spiro atoms. The van der Waals surface area contributed by atoms with E-state index < -0.39 is 32.6 Å². The molecule has 0 amide bonds. The third-order valence-electron chi connectivity index (χ3n) is 4.02. The minimum Gasteiger partial charge on any atom is -0.394 e. The second-order valence-corrected chi connectivity index (χ2v) is 8.75. The first kappa shape index (κ1) is 23.0. The van der Waals surface area contributed by atoms with E-state index in [0.717, 1.165) is 6.42 Å².